The lowest BCUT2D eigenvalue weighted by Gasteiger charge is -2.42. The SMILES string of the molecule is O=C1NC(=O)N(c2ccccc2)C2CCCCC12. The summed E-state index contributed by atoms with van der Waals surface area (Å²) in [5.41, 5.74) is 0.874. The number of para-hydroxylation sites is 1. The Morgan fingerprint density at radius 1 is 1.06 bits per heavy atom. The molecule has 1 heterocycles. The number of carbonyl (C=O) groups is 2. The van der Waals surface area contributed by atoms with Crippen molar-refractivity contribution < 1.29 is 9.59 Å². The fourth-order valence-electron chi connectivity index (χ4n) is 3.03. The summed E-state index contributed by atoms with van der Waals surface area (Å²) >= 11 is 0. The van der Waals surface area contributed by atoms with Gasteiger partial charge in [-0.1, -0.05) is 31.0 Å². The van der Waals surface area contributed by atoms with E-state index in [-0.39, 0.29) is 23.9 Å². The number of imide groups is 1. The minimum atomic E-state index is -0.283. The molecule has 2 atom stereocenters. The fourth-order valence-corrected chi connectivity index (χ4v) is 3.03. The van der Waals surface area contributed by atoms with E-state index in [1.165, 1.54) is 0 Å². The van der Waals surface area contributed by atoms with Gasteiger partial charge in [0.15, 0.2) is 0 Å². The first-order valence-corrected chi connectivity index (χ1v) is 6.46. The zero-order valence-corrected chi connectivity index (χ0v) is 10.1. The molecule has 0 aromatic heterocycles. The van der Waals surface area contributed by atoms with Crippen molar-refractivity contribution in [3.8, 4) is 0 Å². The highest BCUT2D eigenvalue weighted by Crippen LogP contribution is 2.34. The van der Waals surface area contributed by atoms with Gasteiger partial charge in [-0.25, -0.2) is 4.79 Å². The van der Waals surface area contributed by atoms with E-state index in [1.807, 2.05) is 30.3 Å². The van der Waals surface area contributed by atoms with Gasteiger partial charge in [0, 0.05) is 5.69 Å². The van der Waals surface area contributed by atoms with Crippen LogP contribution in [0.1, 0.15) is 25.7 Å². The van der Waals surface area contributed by atoms with Crippen LogP contribution in [0.5, 0.6) is 0 Å². The fraction of sp³-hybridized carbons (Fsp3) is 0.429. The number of fused-ring (bicyclic) bond motifs is 1. The maximum absolute atomic E-state index is 12.1. The van der Waals surface area contributed by atoms with Crippen LogP contribution in [0.25, 0.3) is 0 Å². The Balaban J connectivity index is 1.96. The second kappa shape index (κ2) is 4.44. The molecule has 0 spiro atoms. The van der Waals surface area contributed by atoms with Crippen LogP contribution in [0.2, 0.25) is 0 Å². The maximum Gasteiger partial charge on any atom is 0.328 e. The molecule has 94 valence electrons. The van der Waals surface area contributed by atoms with Gasteiger partial charge in [0.05, 0.1) is 12.0 Å². The molecule has 3 rings (SSSR count). The third kappa shape index (κ3) is 1.78. The van der Waals surface area contributed by atoms with E-state index in [4.69, 9.17) is 0 Å². The number of nitrogens with zero attached hydrogens (tertiary/aromatic N) is 1. The van der Waals surface area contributed by atoms with Crippen LogP contribution in [0.4, 0.5) is 10.5 Å². The molecule has 4 nitrogen and oxygen atoms in total. The molecule has 1 saturated heterocycles. The summed E-state index contributed by atoms with van der Waals surface area (Å²) in [6.45, 7) is 0. The van der Waals surface area contributed by atoms with Crippen molar-refractivity contribution in [2.45, 2.75) is 31.7 Å². The molecule has 1 aliphatic carbocycles. The Morgan fingerprint density at radius 2 is 1.78 bits per heavy atom. The number of anilines is 1. The standard InChI is InChI=1S/C14H16N2O2/c17-13-11-8-4-5-9-12(11)16(14(18)15-13)10-6-2-1-3-7-10/h1-3,6-7,11-12H,4-5,8-9H2,(H,15,17,18). The molecule has 0 bridgehead atoms. The Morgan fingerprint density at radius 3 is 2.56 bits per heavy atom. The Hall–Kier alpha value is -1.84. The monoisotopic (exact) mass is 244 g/mol. The molecule has 1 saturated carbocycles. The molecule has 2 unspecified atom stereocenters. The summed E-state index contributed by atoms with van der Waals surface area (Å²) in [5, 5.41) is 2.48. The largest absolute Gasteiger partial charge is 0.328 e. The molecule has 0 radical (unpaired) electrons. The van der Waals surface area contributed by atoms with Crippen LogP contribution in [0, 0.1) is 5.92 Å². The van der Waals surface area contributed by atoms with Gasteiger partial charge in [-0.15, -0.1) is 0 Å². The van der Waals surface area contributed by atoms with Gasteiger partial charge in [0.25, 0.3) is 0 Å². The van der Waals surface area contributed by atoms with E-state index < -0.39 is 0 Å². The first-order valence-electron chi connectivity index (χ1n) is 6.46. The first kappa shape index (κ1) is 11.3. The van der Waals surface area contributed by atoms with Gasteiger partial charge in [-0.05, 0) is 25.0 Å². The molecule has 1 aromatic rings. The van der Waals surface area contributed by atoms with Crippen LogP contribution >= 0.6 is 0 Å². The van der Waals surface area contributed by atoms with Gasteiger partial charge in [0.2, 0.25) is 5.91 Å². The van der Waals surface area contributed by atoms with Gasteiger partial charge in [0.1, 0.15) is 0 Å². The summed E-state index contributed by atoms with van der Waals surface area (Å²) in [6.07, 6.45) is 3.96. The molecule has 1 aliphatic heterocycles. The van der Waals surface area contributed by atoms with Crippen LogP contribution in [0.15, 0.2) is 30.3 Å². The van der Waals surface area contributed by atoms with E-state index >= 15 is 0 Å². The van der Waals surface area contributed by atoms with Crippen LogP contribution in [-0.4, -0.2) is 18.0 Å². The zero-order valence-electron chi connectivity index (χ0n) is 10.1. The lowest BCUT2D eigenvalue weighted by Crippen LogP contribution is -2.61. The van der Waals surface area contributed by atoms with Gasteiger partial charge < -0.3 is 0 Å². The van der Waals surface area contributed by atoms with Gasteiger partial charge in [-0.3, -0.25) is 15.0 Å². The Labute approximate surface area is 106 Å². The van der Waals surface area contributed by atoms with Gasteiger partial charge >= 0.3 is 6.03 Å². The molecule has 18 heavy (non-hydrogen) atoms. The second-order valence-electron chi connectivity index (χ2n) is 4.96. The van der Waals surface area contributed by atoms with Crippen molar-refractivity contribution >= 4 is 17.6 Å². The van der Waals surface area contributed by atoms with Crippen LogP contribution < -0.4 is 10.2 Å². The third-order valence-electron chi connectivity index (χ3n) is 3.88. The molecular weight excluding hydrogens is 228 g/mol. The van der Waals surface area contributed by atoms with Crippen LogP contribution in [-0.2, 0) is 4.79 Å². The molecule has 1 aromatic carbocycles. The lowest BCUT2D eigenvalue weighted by atomic mass is 9.81. The third-order valence-corrected chi connectivity index (χ3v) is 3.88. The number of nitrogens with one attached hydrogen (secondary N) is 1. The number of urea groups is 1. The number of hydrogen-bond acceptors (Lipinski definition) is 2. The smallest absolute Gasteiger partial charge is 0.290 e. The summed E-state index contributed by atoms with van der Waals surface area (Å²) in [6, 6.07) is 9.33. The van der Waals surface area contributed by atoms with E-state index in [9.17, 15) is 9.59 Å². The van der Waals surface area contributed by atoms with E-state index in [0.29, 0.717) is 0 Å². The number of carbonyl (C=O) groups excluding carboxylic acids is 2. The summed E-state index contributed by atoms with van der Waals surface area (Å²) in [7, 11) is 0. The van der Waals surface area contributed by atoms with Crippen molar-refractivity contribution in [1.82, 2.24) is 5.32 Å². The zero-order chi connectivity index (χ0) is 12.5. The van der Waals surface area contributed by atoms with E-state index in [0.717, 1.165) is 31.4 Å². The average Bonchev–Trinajstić information content (AvgIpc) is 2.40. The van der Waals surface area contributed by atoms with Gasteiger partial charge in [-0.2, -0.15) is 0 Å². The highest BCUT2D eigenvalue weighted by Gasteiger charge is 2.42. The molecule has 1 N–H and O–H groups in total. The molecule has 2 aliphatic rings. The van der Waals surface area contributed by atoms with Crippen molar-refractivity contribution in [2.24, 2.45) is 5.92 Å². The summed E-state index contributed by atoms with van der Waals surface area (Å²) < 4.78 is 0. The van der Waals surface area contributed by atoms with Crippen molar-refractivity contribution in [2.75, 3.05) is 4.90 Å². The summed E-state index contributed by atoms with van der Waals surface area (Å²) in [4.78, 5) is 25.7. The van der Waals surface area contributed by atoms with E-state index in [1.54, 1.807) is 4.90 Å². The minimum absolute atomic E-state index is 0.0300. The highest BCUT2D eigenvalue weighted by molar-refractivity contribution is 6.07. The normalized spacial score (nSPS) is 27.7. The van der Waals surface area contributed by atoms with Crippen LogP contribution in [0.3, 0.4) is 0 Å². The van der Waals surface area contributed by atoms with Crippen molar-refractivity contribution in [3.63, 3.8) is 0 Å². The average molecular weight is 244 g/mol. The predicted octanol–water partition coefficient (Wildman–Crippen LogP) is 2.30. The highest BCUT2D eigenvalue weighted by atomic mass is 16.2. The minimum Gasteiger partial charge on any atom is -0.290 e. The number of amides is 3. The molecular formula is C14H16N2O2. The predicted molar refractivity (Wildman–Crippen MR) is 68.2 cm³/mol. The second-order valence-corrected chi connectivity index (χ2v) is 4.96. The number of hydrogen-bond donors (Lipinski definition) is 1. The van der Waals surface area contributed by atoms with Crippen molar-refractivity contribution in [3.05, 3.63) is 30.3 Å². The first-order chi connectivity index (χ1) is 8.77. The molecule has 4 heteroatoms. The summed E-state index contributed by atoms with van der Waals surface area (Å²) in [5.74, 6) is -0.145. The Kier molecular flexibility index (Phi) is 2.78. The van der Waals surface area contributed by atoms with E-state index in [2.05, 4.69) is 5.32 Å². The molecule has 2 fully saturated rings. The quantitative estimate of drug-likeness (QED) is 0.824. The topological polar surface area (TPSA) is 49.4 Å². The van der Waals surface area contributed by atoms with Crippen molar-refractivity contribution in [1.29, 1.82) is 0 Å². The maximum atomic E-state index is 12.1. The number of rotatable bonds is 1. The number of benzene rings is 1. The lowest BCUT2D eigenvalue weighted by molar-refractivity contribution is -0.126. The molecule has 3 amide bonds. The Bertz CT molecular complexity index is 472.